The molecule has 0 bridgehead atoms. The largest absolute Gasteiger partial charge is 0.356 e. The number of likely N-dealkylation sites (tertiary alicyclic amines) is 1. The minimum Gasteiger partial charge on any atom is -0.356 e. The van der Waals surface area contributed by atoms with Crippen molar-refractivity contribution in [3.63, 3.8) is 0 Å². The molecule has 0 unspecified atom stereocenters. The summed E-state index contributed by atoms with van der Waals surface area (Å²) in [6.45, 7) is 3.53. The molecule has 1 fully saturated rings. The molecule has 1 aliphatic rings. The first-order chi connectivity index (χ1) is 11.7. The van der Waals surface area contributed by atoms with Crippen LogP contribution in [0.2, 0.25) is 0 Å². The molecule has 0 spiro atoms. The first-order valence-corrected chi connectivity index (χ1v) is 8.32. The van der Waals surface area contributed by atoms with Crippen LogP contribution in [0.15, 0.2) is 41.2 Å². The van der Waals surface area contributed by atoms with Gasteiger partial charge in [0.1, 0.15) is 5.69 Å². The van der Waals surface area contributed by atoms with Gasteiger partial charge in [0, 0.05) is 24.7 Å². The standard InChI is InChI=1S/C18H20N4O2/c1-13-10-19-22(11-13)14-5-4-8-21(12-14)18(23)9-16-15-6-2-3-7-17(15)24-20-16/h2-3,6-7,10-11,14H,4-5,8-9,12H2,1H3/t14-/m0/s1. The second kappa shape index (κ2) is 6.11. The molecule has 3 heterocycles. The van der Waals surface area contributed by atoms with Crippen molar-refractivity contribution in [3.8, 4) is 0 Å². The van der Waals surface area contributed by atoms with Crippen molar-refractivity contribution in [2.45, 2.75) is 32.2 Å². The summed E-state index contributed by atoms with van der Waals surface area (Å²) >= 11 is 0. The summed E-state index contributed by atoms with van der Waals surface area (Å²) < 4.78 is 7.28. The highest BCUT2D eigenvalue weighted by molar-refractivity contribution is 5.86. The van der Waals surface area contributed by atoms with Gasteiger partial charge < -0.3 is 9.42 Å². The molecule has 1 aromatic carbocycles. The Bertz CT molecular complexity index is 867. The Morgan fingerprint density at radius 1 is 1.38 bits per heavy atom. The minimum atomic E-state index is 0.0997. The lowest BCUT2D eigenvalue weighted by molar-refractivity contribution is -0.132. The fraction of sp³-hybridized carbons (Fsp3) is 0.389. The Labute approximate surface area is 140 Å². The van der Waals surface area contributed by atoms with Crippen LogP contribution in [0.5, 0.6) is 0 Å². The number of carbonyl (C=O) groups is 1. The minimum absolute atomic E-state index is 0.0997. The third-order valence-corrected chi connectivity index (χ3v) is 4.62. The quantitative estimate of drug-likeness (QED) is 0.743. The van der Waals surface area contributed by atoms with Crippen molar-refractivity contribution in [3.05, 3.63) is 47.9 Å². The van der Waals surface area contributed by atoms with Crippen molar-refractivity contribution in [1.82, 2.24) is 19.8 Å². The number of para-hydroxylation sites is 1. The molecule has 4 rings (SSSR count). The fourth-order valence-corrected chi connectivity index (χ4v) is 3.35. The van der Waals surface area contributed by atoms with Gasteiger partial charge in [-0.25, -0.2) is 0 Å². The monoisotopic (exact) mass is 324 g/mol. The average Bonchev–Trinajstić information content (AvgIpc) is 3.22. The fourth-order valence-electron chi connectivity index (χ4n) is 3.35. The molecule has 124 valence electrons. The van der Waals surface area contributed by atoms with Gasteiger partial charge in [0.25, 0.3) is 0 Å². The Balaban J connectivity index is 1.48. The average molecular weight is 324 g/mol. The normalized spacial score (nSPS) is 18.2. The van der Waals surface area contributed by atoms with Crippen LogP contribution in [-0.2, 0) is 11.2 Å². The molecule has 3 aromatic rings. The van der Waals surface area contributed by atoms with E-state index in [0.717, 1.165) is 35.9 Å². The molecule has 1 atom stereocenters. The first kappa shape index (κ1) is 14.9. The van der Waals surface area contributed by atoms with Gasteiger partial charge in [-0.1, -0.05) is 17.3 Å². The van der Waals surface area contributed by atoms with Crippen LogP contribution in [-0.4, -0.2) is 38.8 Å². The number of rotatable bonds is 3. The second-order valence-corrected chi connectivity index (χ2v) is 6.44. The Morgan fingerprint density at radius 3 is 3.08 bits per heavy atom. The lowest BCUT2D eigenvalue weighted by atomic mass is 10.0. The Hall–Kier alpha value is -2.63. The highest BCUT2D eigenvalue weighted by atomic mass is 16.5. The number of carbonyl (C=O) groups excluding carboxylic acids is 1. The van der Waals surface area contributed by atoms with Gasteiger partial charge in [-0.15, -0.1) is 0 Å². The number of aryl methyl sites for hydroxylation is 1. The highest BCUT2D eigenvalue weighted by Gasteiger charge is 2.26. The number of hydrogen-bond donors (Lipinski definition) is 0. The number of hydrogen-bond acceptors (Lipinski definition) is 4. The predicted octanol–water partition coefficient (Wildman–Crippen LogP) is 2.74. The molecule has 2 aromatic heterocycles. The number of aromatic nitrogens is 3. The summed E-state index contributed by atoms with van der Waals surface area (Å²) in [4.78, 5) is 14.6. The van der Waals surface area contributed by atoms with E-state index in [1.165, 1.54) is 0 Å². The zero-order valence-electron chi connectivity index (χ0n) is 13.7. The van der Waals surface area contributed by atoms with E-state index in [1.54, 1.807) is 0 Å². The molecule has 0 aliphatic carbocycles. The van der Waals surface area contributed by atoms with E-state index in [9.17, 15) is 4.79 Å². The van der Waals surface area contributed by atoms with Gasteiger partial charge in [0.05, 0.1) is 18.7 Å². The smallest absolute Gasteiger partial charge is 0.228 e. The summed E-state index contributed by atoms with van der Waals surface area (Å²) in [5.41, 5.74) is 2.59. The number of amides is 1. The maximum atomic E-state index is 12.7. The van der Waals surface area contributed by atoms with Gasteiger partial charge >= 0.3 is 0 Å². The summed E-state index contributed by atoms with van der Waals surface area (Å²) in [5.74, 6) is 0.0997. The van der Waals surface area contributed by atoms with E-state index in [-0.39, 0.29) is 18.4 Å². The molecule has 6 heteroatoms. The van der Waals surface area contributed by atoms with Crippen molar-refractivity contribution in [2.24, 2.45) is 0 Å². The molecule has 6 nitrogen and oxygen atoms in total. The maximum absolute atomic E-state index is 12.7. The molecule has 24 heavy (non-hydrogen) atoms. The van der Waals surface area contributed by atoms with Crippen LogP contribution in [0.3, 0.4) is 0 Å². The van der Waals surface area contributed by atoms with Gasteiger partial charge in [0.15, 0.2) is 5.58 Å². The van der Waals surface area contributed by atoms with Crippen LogP contribution in [0, 0.1) is 6.92 Å². The second-order valence-electron chi connectivity index (χ2n) is 6.44. The molecular weight excluding hydrogens is 304 g/mol. The lowest BCUT2D eigenvalue weighted by Crippen LogP contribution is -2.41. The van der Waals surface area contributed by atoms with Crippen molar-refractivity contribution in [2.75, 3.05) is 13.1 Å². The van der Waals surface area contributed by atoms with Crippen molar-refractivity contribution >= 4 is 16.9 Å². The van der Waals surface area contributed by atoms with Crippen LogP contribution >= 0.6 is 0 Å². The zero-order valence-corrected chi connectivity index (χ0v) is 13.7. The van der Waals surface area contributed by atoms with E-state index in [0.29, 0.717) is 12.2 Å². The summed E-state index contributed by atoms with van der Waals surface area (Å²) in [6, 6.07) is 7.91. The number of piperidine rings is 1. The Kier molecular flexibility index (Phi) is 3.80. The van der Waals surface area contributed by atoms with Crippen LogP contribution in [0.1, 0.15) is 30.1 Å². The van der Waals surface area contributed by atoms with E-state index in [1.807, 2.05) is 53.2 Å². The lowest BCUT2D eigenvalue weighted by Gasteiger charge is -2.32. The van der Waals surface area contributed by atoms with Crippen LogP contribution in [0.4, 0.5) is 0 Å². The molecular formula is C18H20N4O2. The van der Waals surface area contributed by atoms with E-state index in [2.05, 4.69) is 10.3 Å². The number of nitrogens with zero attached hydrogens (tertiary/aromatic N) is 4. The van der Waals surface area contributed by atoms with Gasteiger partial charge in [-0.05, 0) is 37.5 Å². The molecule has 1 aliphatic heterocycles. The number of benzene rings is 1. The summed E-state index contributed by atoms with van der Waals surface area (Å²) in [6.07, 6.45) is 6.24. The molecule has 1 saturated heterocycles. The molecule has 0 N–H and O–H groups in total. The molecule has 0 saturated carbocycles. The maximum Gasteiger partial charge on any atom is 0.228 e. The third kappa shape index (κ3) is 2.79. The van der Waals surface area contributed by atoms with Gasteiger partial charge in [-0.2, -0.15) is 5.10 Å². The highest BCUT2D eigenvalue weighted by Crippen LogP contribution is 2.23. The molecule has 0 radical (unpaired) electrons. The third-order valence-electron chi connectivity index (χ3n) is 4.62. The van der Waals surface area contributed by atoms with E-state index in [4.69, 9.17) is 4.52 Å². The first-order valence-electron chi connectivity index (χ1n) is 8.32. The van der Waals surface area contributed by atoms with Gasteiger partial charge in [-0.3, -0.25) is 9.48 Å². The molecule has 1 amide bonds. The van der Waals surface area contributed by atoms with E-state index < -0.39 is 0 Å². The zero-order chi connectivity index (χ0) is 16.5. The van der Waals surface area contributed by atoms with Gasteiger partial charge in [0.2, 0.25) is 5.91 Å². The summed E-state index contributed by atoms with van der Waals surface area (Å²) in [7, 11) is 0. The van der Waals surface area contributed by atoms with E-state index >= 15 is 0 Å². The summed E-state index contributed by atoms with van der Waals surface area (Å²) in [5, 5.41) is 9.39. The van der Waals surface area contributed by atoms with Crippen molar-refractivity contribution < 1.29 is 9.32 Å². The number of fused-ring (bicyclic) bond motifs is 1. The van der Waals surface area contributed by atoms with Crippen LogP contribution in [0.25, 0.3) is 11.0 Å². The predicted molar refractivity (Wildman–Crippen MR) is 89.5 cm³/mol. The Morgan fingerprint density at radius 2 is 2.25 bits per heavy atom. The van der Waals surface area contributed by atoms with Crippen molar-refractivity contribution in [1.29, 1.82) is 0 Å². The topological polar surface area (TPSA) is 64.2 Å². The van der Waals surface area contributed by atoms with Crippen LogP contribution < -0.4 is 0 Å². The SMILES string of the molecule is Cc1cnn([C@H]2CCCN(C(=O)Cc3noc4ccccc34)C2)c1.